The van der Waals surface area contributed by atoms with E-state index < -0.39 is 27.9 Å². The van der Waals surface area contributed by atoms with Gasteiger partial charge in [-0.15, -0.1) is 0 Å². The molecule has 0 saturated carbocycles. The number of anilines is 1. The van der Waals surface area contributed by atoms with Crippen LogP contribution >= 0.6 is 11.6 Å². The number of halogens is 1. The molecular weight excluding hydrogens is 530 g/mol. The Morgan fingerprint density at radius 2 is 1.71 bits per heavy atom. The van der Waals surface area contributed by atoms with Crippen LogP contribution in [0.25, 0.3) is 0 Å². The average molecular weight is 558 g/mol. The van der Waals surface area contributed by atoms with Crippen LogP contribution in [-0.2, 0) is 19.6 Å². The van der Waals surface area contributed by atoms with Crippen LogP contribution < -0.4 is 15.4 Å². The predicted octanol–water partition coefficient (Wildman–Crippen LogP) is 3.87. The number of morpholine rings is 1. The van der Waals surface area contributed by atoms with Crippen molar-refractivity contribution in [2.45, 2.75) is 17.4 Å². The van der Waals surface area contributed by atoms with Gasteiger partial charge in [0.05, 0.1) is 43.4 Å². The second-order valence-electron chi connectivity index (χ2n) is 8.55. The molecular formula is C27H28ClN3O6S. The lowest BCUT2D eigenvalue weighted by atomic mass is 10.0. The number of benzene rings is 3. The Labute approximate surface area is 226 Å². The van der Waals surface area contributed by atoms with Crippen LogP contribution in [0.2, 0.25) is 5.02 Å². The molecule has 0 aromatic heterocycles. The minimum atomic E-state index is -3.87. The summed E-state index contributed by atoms with van der Waals surface area (Å²) in [6.07, 6.45) is -0.0994. The number of nitrogens with one attached hydrogen (secondary N) is 2. The van der Waals surface area contributed by atoms with Gasteiger partial charge in [0.2, 0.25) is 15.9 Å². The fraction of sp³-hybridized carbons (Fsp3) is 0.259. The number of hydrogen-bond donors (Lipinski definition) is 2. The number of amides is 2. The lowest BCUT2D eigenvalue weighted by Gasteiger charge is -2.27. The molecule has 0 unspecified atom stereocenters. The van der Waals surface area contributed by atoms with E-state index in [2.05, 4.69) is 10.6 Å². The summed E-state index contributed by atoms with van der Waals surface area (Å²) in [5.41, 5.74) is 1.31. The molecule has 0 bridgehead atoms. The fourth-order valence-corrected chi connectivity index (χ4v) is 5.91. The molecule has 1 aliphatic rings. The van der Waals surface area contributed by atoms with Crippen molar-refractivity contribution in [3.05, 3.63) is 88.9 Å². The van der Waals surface area contributed by atoms with Gasteiger partial charge in [-0.25, -0.2) is 8.42 Å². The Balaban J connectivity index is 1.54. The maximum Gasteiger partial charge on any atom is 0.253 e. The van der Waals surface area contributed by atoms with Crippen LogP contribution in [0.15, 0.2) is 77.7 Å². The van der Waals surface area contributed by atoms with Gasteiger partial charge in [0.15, 0.2) is 0 Å². The minimum absolute atomic E-state index is 0.0497. The highest BCUT2D eigenvalue weighted by molar-refractivity contribution is 7.89. The van der Waals surface area contributed by atoms with Crippen molar-refractivity contribution in [3.8, 4) is 5.75 Å². The highest BCUT2D eigenvalue weighted by atomic mass is 35.5. The summed E-state index contributed by atoms with van der Waals surface area (Å²) >= 11 is 6.18. The third-order valence-corrected chi connectivity index (χ3v) is 8.30. The second-order valence-corrected chi connectivity index (χ2v) is 10.9. The van der Waals surface area contributed by atoms with Crippen molar-refractivity contribution < 1.29 is 27.5 Å². The summed E-state index contributed by atoms with van der Waals surface area (Å²) in [6.45, 7) is 1.06. The molecule has 11 heteroatoms. The van der Waals surface area contributed by atoms with Gasteiger partial charge < -0.3 is 20.1 Å². The number of hydrogen-bond acceptors (Lipinski definition) is 6. The number of carbonyl (C=O) groups is 2. The summed E-state index contributed by atoms with van der Waals surface area (Å²) in [5.74, 6) is -0.664. The zero-order chi connectivity index (χ0) is 27.1. The number of nitrogens with zero attached hydrogens (tertiary/aromatic N) is 1. The molecule has 2 amide bonds. The normalized spacial score (nSPS) is 14.9. The largest absolute Gasteiger partial charge is 0.495 e. The molecule has 38 heavy (non-hydrogen) atoms. The third-order valence-electron chi connectivity index (χ3n) is 6.05. The summed E-state index contributed by atoms with van der Waals surface area (Å²) in [5, 5.41) is 5.94. The zero-order valence-corrected chi connectivity index (χ0v) is 22.3. The van der Waals surface area contributed by atoms with Crippen LogP contribution in [0, 0.1) is 0 Å². The Morgan fingerprint density at radius 1 is 1.03 bits per heavy atom. The molecule has 9 nitrogen and oxygen atoms in total. The summed E-state index contributed by atoms with van der Waals surface area (Å²) < 4.78 is 38.4. The van der Waals surface area contributed by atoms with Gasteiger partial charge in [-0.1, -0.05) is 54.1 Å². The lowest BCUT2D eigenvalue weighted by molar-refractivity contribution is -0.116. The van der Waals surface area contributed by atoms with Crippen LogP contribution in [0.4, 0.5) is 5.69 Å². The molecule has 200 valence electrons. The number of carbonyl (C=O) groups excluding carboxylic acids is 2. The van der Waals surface area contributed by atoms with Crippen molar-refractivity contribution in [2.75, 3.05) is 38.7 Å². The van der Waals surface area contributed by atoms with Crippen molar-refractivity contribution in [1.82, 2.24) is 9.62 Å². The van der Waals surface area contributed by atoms with Crippen LogP contribution in [0.1, 0.15) is 28.4 Å². The third kappa shape index (κ3) is 6.51. The van der Waals surface area contributed by atoms with Crippen LogP contribution in [0.5, 0.6) is 5.75 Å². The van der Waals surface area contributed by atoms with Gasteiger partial charge in [-0.05, 0) is 35.9 Å². The van der Waals surface area contributed by atoms with E-state index in [0.29, 0.717) is 23.8 Å². The molecule has 4 rings (SSSR count). The van der Waals surface area contributed by atoms with E-state index in [1.165, 1.54) is 23.5 Å². The Hall–Kier alpha value is -3.44. The highest BCUT2D eigenvalue weighted by Crippen LogP contribution is 2.30. The van der Waals surface area contributed by atoms with E-state index in [0.717, 1.165) is 5.56 Å². The quantitative estimate of drug-likeness (QED) is 0.413. The van der Waals surface area contributed by atoms with Crippen molar-refractivity contribution in [1.29, 1.82) is 0 Å². The van der Waals surface area contributed by atoms with Gasteiger partial charge in [0.25, 0.3) is 5.91 Å². The Kier molecular flexibility index (Phi) is 9.01. The number of methoxy groups -OCH3 is 1. The first-order chi connectivity index (χ1) is 18.3. The molecule has 2 N–H and O–H groups in total. The average Bonchev–Trinajstić information content (AvgIpc) is 2.93. The van der Waals surface area contributed by atoms with Crippen LogP contribution in [-0.4, -0.2) is 58.0 Å². The Morgan fingerprint density at radius 3 is 2.39 bits per heavy atom. The van der Waals surface area contributed by atoms with E-state index >= 15 is 0 Å². The first-order valence-corrected chi connectivity index (χ1v) is 13.8. The molecule has 3 aromatic carbocycles. The smallest absolute Gasteiger partial charge is 0.253 e. The predicted molar refractivity (Wildman–Crippen MR) is 144 cm³/mol. The first-order valence-electron chi connectivity index (χ1n) is 12.0. The molecule has 1 atom stereocenters. The van der Waals surface area contributed by atoms with Crippen molar-refractivity contribution >= 4 is 39.1 Å². The monoisotopic (exact) mass is 557 g/mol. The maximum atomic E-state index is 13.3. The SMILES string of the molecule is COc1ccc(NC(=O)C[C@@H](NC(=O)c2ccccc2Cl)c2ccccc2)cc1S(=O)(=O)N1CCOCC1. The topological polar surface area (TPSA) is 114 Å². The van der Waals surface area contributed by atoms with E-state index in [4.69, 9.17) is 21.1 Å². The Bertz CT molecular complexity index is 1390. The maximum absolute atomic E-state index is 13.3. The van der Waals surface area contributed by atoms with Crippen molar-refractivity contribution in [3.63, 3.8) is 0 Å². The number of rotatable bonds is 9. The number of sulfonamides is 1. The van der Waals surface area contributed by atoms with E-state index in [1.807, 2.05) is 30.3 Å². The first kappa shape index (κ1) is 27.6. The molecule has 1 aliphatic heterocycles. The fourth-order valence-electron chi connectivity index (χ4n) is 4.10. The molecule has 0 aliphatic carbocycles. The lowest BCUT2D eigenvalue weighted by Crippen LogP contribution is -2.40. The zero-order valence-electron chi connectivity index (χ0n) is 20.7. The minimum Gasteiger partial charge on any atom is -0.495 e. The molecule has 1 heterocycles. The van der Waals surface area contributed by atoms with Gasteiger partial charge in [0.1, 0.15) is 10.6 Å². The molecule has 1 saturated heterocycles. The van der Waals surface area contributed by atoms with Crippen molar-refractivity contribution in [2.24, 2.45) is 0 Å². The standard InChI is InChI=1S/C27H28ClN3O6S/c1-36-24-12-11-20(17-25(24)38(34,35)31-13-15-37-16-14-31)29-26(32)18-23(19-7-3-2-4-8-19)30-27(33)21-9-5-6-10-22(21)28/h2-12,17,23H,13-16,18H2,1H3,(H,29,32)(H,30,33)/t23-/m1/s1. The summed E-state index contributed by atoms with van der Waals surface area (Å²) in [6, 6.07) is 19.5. The van der Waals surface area contributed by atoms with Gasteiger partial charge in [-0.2, -0.15) is 4.31 Å². The second kappa shape index (κ2) is 12.4. The molecule has 0 radical (unpaired) electrons. The molecule has 0 spiro atoms. The van der Waals surface area contributed by atoms with Gasteiger partial charge in [-0.3, -0.25) is 9.59 Å². The summed E-state index contributed by atoms with van der Waals surface area (Å²) in [7, 11) is -2.49. The van der Waals surface area contributed by atoms with E-state index in [9.17, 15) is 18.0 Å². The van der Waals surface area contributed by atoms with E-state index in [1.54, 1.807) is 30.3 Å². The molecule has 3 aromatic rings. The van der Waals surface area contributed by atoms with Crippen LogP contribution in [0.3, 0.4) is 0 Å². The molecule has 1 fully saturated rings. The van der Waals surface area contributed by atoms with Gasteiger partial charge in [0, 0.05) is 18.8 Å². The number of ether oxygens (including phenoxy) is 2. The summed E-state index contributed by atoms with van der Waals surface area (Å²) in [4.78, 5) is 26.0. The highest BCUT2D eigenvalue weighted by Gasteiger charge is 2.30. The van der Waals surface area contributed by atoms with E-state index in [-0.39, 0.29) is 35.8 Å². The van der Waals surface area contributed by atoms with Gasteiger partial charge >= 0.3 is 0 Å².